The van der Waals surface area contributed by atoms with Crippen molar-refractivity contribution in [3.05, 3.63) is 52.5 Å². The zero-order valence-corrected chi connectivity index (χ0v) is 13.8. The summed E-state index contributed by atoms with van der Waals surface area (Å²) in [7, 11) is -3.82. The minimum atomic E-state index is -3.82. The van der Waals surface area contributed by atoms with Crippen molar-refractivity contribution in [2.75, 3.05) is 10.0 Å². The maximum atomic E-state index is 12.4. The van der Waals surface area contributed by atoms with E-state index in [-0.39, 0.29) is 21.5 Å². The largest absolute Gasteiger partial charge is 0.325 e. The van der Waals surface area contributed by atoms with E-state index in [1.165, 1.54) is 31.2 Å². The van der Waals surface area contributed by atoms with Gasteiger partial charge >= 0.3 is 0 Å². The van der Waals surface area contributed by atoms with Crippen molar-refractivity contribution < 1.29 is 13.2 Å². The average molecular weight is 359 g/mol. The van der Waals surface area contributed by atoms with Gasteiger partial charge in [0.1, 0.15) is 0 Å². The standard InChI is InChI=1S/C14H12Cl2N2O3S/c1-9(19)17-14-8-12(5-6-13(14)16)22(20,21)18-11-4-2-3-10(15)7-11/h2-8,18H,1H3,(H,17,19). The SMILES string of the molecule is CC(=O)Nc1cc(S(=O)(=O)Nc2cccc(Cl)c2)ccc1Cl. The Morgan fingerprint density at radius 3 is 2.45 bits per heavy atom. The Labute approximate surface area is 138 Å². The summed E-state index contributed by atoms with van der Waals surface area (Å²) in [5.74, 6) is -0.348. The van der Waals surface area contributed by atoms with Crippen molar-refractivity contribution >= 4 is 50.5 Å². The van der Waals surface area contributed by atoms with Crippen LogP contribution in [0.15, 0.2) is 47.4 Å². The van der Waals surface area contributed by atoms with E-state index in [2.05, 4.69) is 10.0 Å². The highest BCUT2D eigenvalue weighted by atomic mass is 35.5. The monoisotopic (exact) mass is 358 g/mol. The highest BCUT2D eigenvalue weighted by Gasteiger charge is 2.16. The molecule has 0 unspecified atom stereocenters. The van der Waals surface area contributed by atoms with Gasteiger partial charge in [0.15, 0.2) is 0 Å². The lowest BCUT2D eigenvalue weighted by atomic mass is 10.3. The quantitative estimate of drug-likeness (QED) is 0.873. The van der Waals surface area contributed by atoms with E-state index in [9.17, 15) is 13.2 Å². The van der Waals surface area contributed by atoms with E-state index in [4.69, 9.17) is 23.2 Å². The van der Waals surface area contributed by atoms with Crippen LogP contribution in [0.4, 0.5) is 11.4 Å². The number of hydrogen-bond acceptors (Lipinski definition) is 3. The molecule has 2 aromatic rings. The van der Waals surface area contributed by atoms with E-state index in [1.807, 2.05) is 0 Å². The highest BCUT2D eigenvalue weighted by Crippen LogP contribution is 2.27. The zero-order chi connectivity index (χ0) is 16.3. The summed E-state index contributed by atoms with van der Waals surface area (Å²) in [5.41, 5.74) is 0.562. The van der Waals surface area contributed by atoms with E-state index in [1.54, 1.807) is 18.2 Å². The van der Waals surface area contributed by atoms with Gasteiger partial charge in [-0.05, 0) is 36.4 Å². The van der Waals surface area contributed by atoms with Crippen LogP contribution in [0.2, 0.25) is 10.0 Å². The normalized spacial score (nSPS) is 11.0. The average Bonchev–Trinajstić information content (AvgIpc) is 2.40. The van der Waals surface area contributed by atoms with Crippen LogP contribution in [-0.2, 0) is 14.8 Å². The smallest absolute Gasteiger partial charge is 0.261 e. The molecule has 2 aromatic carbocycles. The number of carbonyl (C=O) groups excluding carboxylic acids is 1. The molecule has 0 radical (unpaired) electrons. The molecule has 8 heteroatoms. The van der Waals surface area contributed by atoms with Gasteiger partial charge in [-0.1, -0.05) is 29.3 Å². The van der Waals surface area contributed by atoms with E-state index in [0.717, 1.165) is 0 Å². The van der Waals surface area contributed by atoms with E-state index >= 15 is 0 Å². The van der Waals surface area contributed by atoms with Gasteiger partial charge in [0.2, 0.25) is 5.91 Å². The molecule has 0 heterocycles. The maximum absolute atomic E-state index is 12.4. The number of rotatable bonds is 4. The molecule has 0 aliphatic heterocycles. The van der Waals surface area contributed by atoms with Crippen LogP contribution in [-0.4, -0.2) is 14.3 Å². The van der Waals surface area contributed by atoms with Crippen LogP contribution in [0.5, 0.6) is 0 Å². The van der Waals surface area contributed by atoms with E-state index in [0.29, 0.717) is 10.7 Å². The Kier molecular flexibility index (Phi) is 4.95. The molecule has 22 heavy (non-hydrogen) atoms. The summed E-state index contributed by atoms with van der Waals surface area (Å²) in [5, 5.41) is 3.13. The molecule has 2 rings (SSSR count). The number of benzene rings is 2. The van der Waals surface area contributed by atoms with Gasteiger partial charge in [0.25, 0.3) is 10.0 Å². The Morgan fingerprint density at radius 2 is 1.82 bits per heavy atom. The molecular weight excluding hydrogens is 347 g/mol. The second-order valence-corrected chi connectivity index (χ2v) is 6.96. The summed E-state index contributed by atoms with van der Waals surface area (Å²) in [6.07, 6.45) is 0. The third-order valence-electron chi connectivity index (χ3n) is 2.64. The fourth-order valence-corrected chi connectivity index (χ4v) is 3.15. The van der Waals surface area contributed by atoms with Gasteiger partial charge in [-0.2, -0.15) is 0 Å². The Balaban J connectivity index is 2.35. The molecule has 0 aliphatic carbocycles. The van der Waals surface area contributed by atoms with Gasteiger partial charge in [0.05, 0.1) is 21.3 Å². The van der Waals surface area contributed by atoms with Gasteiger partial charge in [-0.25, -0.2) is 8.42 Å². The first-order valence-corrected chi connectivity index (χ1v) is 8.37. The van der Waals surface area contributed by atoms with Crippen molar-refractivity contribution in [1.82, 2.24) is 0 Å². The Morgan fingerprint density at radius 1 is 1.09 bits per heavy atom. The molecule has 0 fully saturated rings. The number of halogens is 2. The summed E-state index contributed by atoms with van der Waals surface area (Å²) < 4.78 is 27.1. The first-order chi connectivity index (χ1) is 10.3. The van der Waals surface area contributed by atoms with Crippen molar-refractivity contribution in [3.8, 4) is 0 Å². The van der Waals surface area contributed by atoms with Gasteiger partial charge < -0.3 is 5.32 Å². The molecule has 0 saturated heterocycles. The molecule has 0 aromatic heterocycles. The van der Waals surface area contributed by atoms with E-state index < -0.39 is 10.0 Å². The van der Waals surface area contributed by atoms with Gasteiger partial charge in [-0.15, -0.1) is 0 Å². The van der Waals surface area contributed by atoms with Gasteiger partial charge in [-0.3, -0.25) is 9.52 Å². The lowest BCUT2D eigenvalue weighted by molar-refractivity contribution is -0.114. The van der Waals surface area contributed by atoms with Crippen LogP contribution in [0, 0.1) is 0 Å². The van der Waals surface area contributed by atoms with Crippen molar-refractivity contribution in [1.29, 1.82) is 0 Å². The highest BCUT2D eigenvalue weighted by molar-refractivity contribution is 7.92. The van der Waals surface area contributed by atoms with Crippen LogP contribution in [0.3, 0.4) is 0 Å². The fourth-order valence-electron chi connectivity index (χ4n) is 1.72. The first-order valence-electron chi connectivity index (χ1n) is 6.13. The molecule has 0 saturated carbocycles. The molecule has 5 nitrogen and oxygen atoms in total. The summed E-state index contributed by atoms with van der Waals surface area (Å²) in [6, 6.07) is 10.4. The van der Waals surface area contributed by atoms with Gasteiger partial charge in [0, 0.05) is 11.9 Å². The van der Waals surface area contributed by atoms with Crippen LogP contribution in [0.1, 0.15) is 6.92 Å². The van der Waals surface area contributed by atoms with Crippen molar-refractivity contribution in [3.63, 3.8) is 0 Å². The molecule has 0 spiro atoms. The molecule has 1 amide bonds. The molecule has 0 atom stereocenters. The number of hydrogen-bond donors (Lipinski definition) is 2. The third-order valence-corrected chi connectivity index (χ3v) is 4.58. The Hall–Kier alpha value is -1.76. The number of anilines is 2. The zero-order valence-electron chi connectivity index (χ0n) is 11.4. The predicted molar refractivity (Wildman–Crippen MR) is 88.0 cm³/mol. The number of amides is 1. The predicted octanol–water partition coefficient (Wildman–Crippen LogP) is 3.75. The second-order valence-electron chi connectivity index (χ2n) is 4.44. The summed E-state index contributed by atoms with van der Waals surface area (Å²) in [4.78, 5) is 11.1. The van der Waals surface area contributed by atoms with Crippen LogP contribution < -0.4 is 10.0 Å². The fraction of sp³-hybridized carbons (Fsp3) is 0.0714. The Bertz CT molecular complexity index is 823. The molecule has 116 valence electrons. The maximum Gasteiger partial charge on any atom is 0.261 e. The molecule has 0 bridgehead atoms. The summed E-state index contributed by atoms with van der Waals surface area (Å²) in [6.45, 7) is 1.31. The minimum Gasteiger partial charge on any atom is -0.325 e. The van der Waals surface area contributed by atoms with Crippen molar-refractivity contribution in [2.24, 2.45) is 0 Å². The molecule has 0 aliphatic rings. The van der Waals surface area contributed by atoms with Crippen LogP contribution >= 0.6 is 23.2 Å². The number of carbonyl (C=O) groups is 1. The second kappa shape index (κ2) is 6.56. The first kappa shape index (κ1) is 16.6. The molecule has 2 N–H and O–H groups in total. The lowest BCUT2D eigenvalue weighted by Gasteiger charge is -2.11. The number of nitrogens with one attached hydrogen (secondary N) is 2. The number of sulfonamides is 1. The third kappa shape index (κ3) is 4.13. The lowest BCUT2D eigenvalue weighted by Crippen LogP contribution is -2.14. The van der Waals surface area contributed by atoms with Crippen LogP contribution in [0.25, 0.3) is 0 Å². The minimum absolute atomic E-state index is 0.0272. The van der Waals surface area contributed by atoms with Crippen molar-refractivity contribution in [2.45, 2.75) is 11.8 Å². The topological polar surface area (TPSA) is 75.3 Å². The summed E-state index contributed by atoms with van der Waals surface area (Å²) >= 11 is 11.7. The molecular formula is C14H12Cl2N2O3S.